The highest BCUT2D eigenvalue weighted by atomic mass is 15.1. The molecule has 0 aliphatic heterocycles. The Balaban J connectivity index is 4.49. The van der Waals surface area contributed by atoms with Crippen molar-refractivity contribution in [2.24, 2.45) is 5.41 Å². The van der Waals surface area contributed by atoms with E-state index in [1.165, 1.54) is 11.3 Å². The van der Waals surface area contributed by atoms with Gasteiger partial charge in [0, 0.05) is 19.8 Å². The van der Waals surface area contributed by atoms with Gasteiger partial charge in [-0.05, 0) is 25.7 Å². The van der Waals surface area contributed by atoms with E-state index in [9.17, 15) is 0 Å². The van der Waals surface area contributed by atoms with E-state index < -0.39 is 0 Å². The standard InChI is InChI=1S/C11H23N/c1-9(2)10(12(6)7)8-11(3,4)5/h8H2,1-7H3. The molecule has 0 saturated heterocycles. The molecular formula is C11H23N. The van der Waals surface area contributed by atoms with Crippen molar-refractivity contribution in [3.05, 3.63) is 11.3 Å². The van der Waals surface area contributed by atoms with E-state index in [2.05, 4.69) is 53.6 Å². The number of allylic oxidation sites excluding steroid dienone is 2. The lowest BCUT2D eigenvalue weighted by molar-refractivity contribution is 0.351. The van der Waals surface area contributed by atoms with Crippen LogP contribution in [0.15, 0.2) is 11.3 Å². The van der Waals surface area contributed by atoms with Gasteiger partial charge >= 0.3 is 0 Å². The first-order chi connectivity index (χ1) is 5.24. The van der Waals surface area contributed by atoms with Crippen molar-refractivity contribution in [1.29, 1.82) is 0 Å². The van der Waals surface area contributed by atoms with Crippen LogP contribution in [0.3, 0.4) is 0 Å². The summed E-state index contributed by atoms with van der Waals surface area (Å²) in [6.07, 6.45) is 1.16. The summed E-state index contributed by atoms with van der Waals surface area (Å²) in [5, 5.41) is 0. The topological polar surface area (TPSA) is 3.24 Å². The van der Waals surface area contributed by atoms with Crippen LogP contribution in [0.25, 0.3) is 0 Å². The summed E-state index contributed by atoms with van der Waals surface area (Å²) in [6.45, 7) is 11.2. The molecule has 0 saturated carbocycles. The molecule has 0 aromatic carbocycles. The minimum atomic E-state index is 0.386. The fourth-order valence-electron chi connectivity index (χ4n) is 1.28. The van der Waals surface area contributed by atoms with Crippen LogP contribution in [-0.4, -0.2) is 19.0 Å². The Labute approximate surface area is 77.5 Å². The van der Waals surface area contributed by atoms with Gasteiger partial charge in [-0.1, -0.05) is 26.3 Å². The summed E-state index contributed by atoms with van der Waals surface area (Å²) >= 11 is 0. The third kappa shape index (κ3) is 4.42. The van der Waals surface area contributed by atoms with Crippen molar-refractivity contribution in [2.75, 3.05) is 14.1 Å². The Morgan fingerprint density at radius 3 is 1.58 bits per heavy atom. The maximum absolute atomic E-state index is 2.28. The Morgan fingerprint density at radius 1 is 1.08 bits per heavy atom. The van der Waals surface area contributed by atoms with Gasteiger partial charge in [0.1, 0.15) is 0 Å². The largest absolute Gasteiger partial charge is 0.381 e. The zero-order valence-corrected chi connectivity index (χ0v) is 9.65. The summed E-state index contributed by atoms with van der Waals surface area (Å²) < 4.78 is 0. The zero-order chi connectivity index (χ0) is 9.94. The highest BCUT2D eigenvalue weighted by molar-refractivity contribution is 5.09. The van der Waals surface area contributed by atoms with Crippen molar-refractivity contribution < 1.29 is 0 Å². The summed E-state index contributed by atoms with van der Waals surface area (Å²) in [6, 6.07) is 0. The molecule has 0 unspecified atom stereocenters. The van der Waals surface area contributed by atoms with Gasteiger partial charge in [-0.15, -0.1) is 0 Å². The minimum absolute atomic E-state index is 0.386. The summed E-state index contributed by atoms with van der Waals surface area (Å²) in [7, 11) is 4.24. The molecule has 0 aromatic rings. The molecule has 0 rings (SSSR count). The maximum Gasteiger partial charge on any atom is 0.0119 e. The van der Waals surface area contributed by atoms with Crippen molar-refractivity contribution in [3.8, 4) is 0 Å². The molecular weight excluding hydrogens is 146 g/mol. The SMILES string of the molecule is CC(C)=C(CC(C)(C)C)N(C)C. The van der Waals surface area contributed by atoms with Gasteiger partial charge in [0.2, 0.25) is 0 Å². The number of hydrogen-bond donors (Lipinski definition) is 0. The first kappa shape index (κ1) is 11.5. The van der Waals surface area contributed by atoms with Gasteiger partial charge in [0.05, 0.1) is 0 Å². The monoisotopic (exact) mass is 169 g/mol. The van der Waals surface area contributed by atoms with E-state index in [-0.39, 0.29) is 0 Å². The van der Waals surface area contributed by atoms with E-state index in [0.29, 0.717) is 5.41 Å². The van der Waals surface area contributed by atoms with E-state index in [1.807, 2.05) is 0 Å². The van der Waals surface area contributed by atoms with Crippen LogP contribution in [0, 0.1) is 5.41 Å². The number of rotatable bonds is 2. The summed E-state index contributed by atoms with van der Waals surface area (Å²) in [5.41, 5.74) is 3.27. The third-order valence-electron chi connectivity index (χ3n) is 1.81. The lowest BCUT2D eigenvalue weighted by atomic mass is 9.89. The van der Waals surface area contributed by atoms with Crippen LogP contribution in [0.2, 0.25) is 0 Å². The van der Waals surface area contributed by atoms with Crippen molar-refractivity contribution >= 4 is 0 Å². The quantitative estimate of drug-likeness (QED) is 0.613. The molecule has 0 amide bonds. The van der Waals surface area contributed by atoms with Crippen LogP contribution in [-0.2, 0) is 0 Å². The first-order valence-corrected chi connectivity index (χ1v) is 4.58. The molecule has 0 aliphatic carbocycles. The Bertz CT molecular complexity index is 166. The fraction of sp³-hybridized carbons (Fsp3) is 0.818. The second kappa shape index (κ2) is 3.97. The second-order valence-electron chi connectivity index (χ2n) is 5.08. The van der Waals surface area contributed by atoms with E-state index in [1.54, 1.807) is 0 Å². The molecule has 0 fully saturated rings. The second-order valence-corrected chi connectivity index (χ2v) is 5.08. The molecule has 0 aliphatic rings. The Morgan fingerprint density at radius 2 is 1.50 bits per heavy atom. The van der Waals surface area contributed by atoms with Crippen LogP contribution < -0.4 is 0 Å². The third-order valence-corrected chi connectivity index (χ3v) is 1.81. The molecule has 0 spiro atoms. The van der Waals surface area contributed by atoms with Gasteiger partial charge in [-0.2, -0.15) is 0 Å². The van der Waals surface area contributed by atoms with Crippen molar-refractivity contribution in [2.45, 2.75) is 41.0 Å². The molecule has 0 atom stereocenters. The molecule has 0 bridgehead atoms. The predicted molar refractivity (Wildman–Crippen MR) is 56.1 cm³/mol. The van der Waals surface area contributed by atoms with E-state index in [4.69, 9.17) is 0 Å². The van der Waals surface area contributed by atoms with Gasteiger partial charge in [0.15, 0.2) is 0 Å². The molecule has 12 heavy (non-hydrogen) atoms. The van der Waals surface area contributed by atoms with Gasteiger partial charge in [0.25, 0.3) is 0 Å². The lowest BCUT2D eigenvalue weighted by Gasteiger charge is -2.26. The normalized spacial score (nSPS) is 11.2. The average Bonchev–Trinajstić information content (AvgIpc) is 1.79. The Kier molecular flexibility index (Phi) is 3.82. The van der Waals surface area contributed by atoms with Gasteiger partial charge in [-0.25, -0.2) is 0 Å². The average molecular weight is 169 g/mol. The predicted octanol–water partition coefficient (Wildman–Crippen LogP) is 3.28. The van der Waals surface area contributed by atoms with Crippen LogP contribution in [0.5, 0.6) is 0 Å². The highest BCUT2D eigenvalue weighted by Crippen LogP contribution is 2.26. The van der Waals surface area contributed by atoms with E-state index in [0.717, 1.165) is 6.42 Å². The molecule has 72 valence electrons. The van der Waals surface area contributed by atoms with Crippen molar-refractivity contribution in [1.82, 2.24) is 4.90 Å². The Hall–Kier alpha value is -0.460. The molecule has 0 heterocycles. The van der Waals surface area contributed by atoms with E-state index >= 15 is 0 Å². The van der Waals surface area contributed by atoms with Crippen molar-refractivity contribution in [3.63, 3.8) is 0 Å². The summed E-state index contributed by atoms with van der Waals surface area (Å²) in [5.74, 6) is 0. The first-order valence-electron chi connectivity index (χ1n) is 4.58. The van der Waals surface area contributed by atoms with Gasteiger partial charge < -0.3 is 4.90 Å². The smallest absolute Gasteiger partial charge is 0.0119 e. The minimum Gasteiger partial charge on any atom is -0.381 e. The zero-order valence-electron chi connectivity index (χ0n) is 9.65. The van der Waals surface area contributed by atoms with Gasteiger partial charge in [-0.3, -0.25) is 0 Å². The molecule has 1 nitrogen and oxygen atoms in total. The highest BCUT2D eigenvalue weighted by Gasteiger charge is 2.14. The van der Waals surface area contributed by atoms with Crippen LogP contribution in [0.4, 0.5) is 0 Å². The molecule has 0 radical (unpaired) electrons. The molecule has 1 heteroatoms. The molecule has 0 N–H and O–H groups in total. The number of hydrogen-bond acceptors (Lipinski definition) is 1. The van der Waals surface area contributed by atoms with Crippen LogP contribution in [0.1, 0.15) is 41.0 Å². The maximum atomic E-state index is 2.28. The lowest BCUT2D eigenvalue weighted by Crippen LogP contribution is -2.18. The summed E-state index contributed by atoms with van der Waals surface area (Å²) in [4.78, 5) is 2.22. The fourth-order valence-corrected chi connectivity index (χ4v) is 1.28. The van der Waals surface area contributed by atoms with Crippen LogP contribution >= 0.6 is 0 Å². The number of nitrogens with zero attached hydrogens (tertiary/aromatic N) is 1. The molecule has 0 aromatic heterocycles.